The van der Waals surface area contributed by atoms with E-state index in [1.54, 1.807) is 0 Å². The average molecular weight is 338 g/mol. The van der Waals surface area contributed by atoms with Gasteiger partial charge in [0, 0.05) is 16.7 Å². The van der Waals surface area contributed by atoms with E-state index in [0.29, 0.717) is 6.10 Å². The lowest BCUT2D eigenvalue weighted by atomic mass is 10.2. The van der Waals surface area contributed by atoms with Crippen molar-refractivity contribution in [2.24, 2.45) is 0 Å². The molecule has 1 N–H and O–H groups in total. The van der Waals surface area contributed by atoms with Gasteiger partial charge >= 0.3 is 0 Å². The maximum absolute atomic E-state index is 6.11. The van der Waals surface area contributed by atoms with Crippen LogP contribution in [-0.2, 0) is 4.74 Å². The van der Waals surface area contributed by atoms with E-state index in [9.17, 15) is 0 Å². The fourth-order valence-electron chi connectivity index (χ4n) is 1.66. The van der Waals surface area contributed by atoms with Gasteiger partial charge in [-0.15, -0.1) is 0 Å². The predicted molar refractivity (Wildman–Crippen MR) is 71.6 cm³/mol. The molecular formula is C11H13ClINO. The highest BCUT2D eigenvalue weighted by molar-refractivity contribution is 14.1. The topological polar surface area (TPSA) is 21.3 Å². The zero-order chi connectivity index (χ0) is 10.7. The molecule has 1 saturated heterocycles. The zero-order valence-electron chi connectivity index (χ0n) is 8.30. The number of nitrogens with one attached hydrogen (secondary N) is 1. The summed E-state index contributed by atoms with van der Waals surface area (Å²) < 4.78 is 6.68. The van der Waals surface area contributed by atoms with Crippen LogP contribution in [0.2, 0.25) is 5.02 Å². The van der Waals surface area contributed by atoms with Gasteiger partial charge in [0.2, 0.25) is 0 Å². The Balaban J connectivity index is 1.92. The highest BCUT2D eigenvalue weighted by Gasteiger charge is 2.15. The van der Waals surface area contributed by atoms with Gasteiger partial charge in [0.25, 0.3) is 0 Å². The van der Waals surface area contributed by atoms with Crippen LogP contribution in [0.5, 0.6) is 0 Å². The van der Waals surface area contributed by atoms with Gasteiger partial charge in [-0.3, -0.25) is 0 Å². The van der Waals surface area contributed by atoms with Crippen molar-refractivity contribution in [3.05, 3.63) is 26.8 Å². The van der Waals surface area contributed by atoms with E-state index in [1.807, 2.05) is 18.2 Å². The average Bonchev–Trinajstić information content (AvgIpc) is 2.69. The Kier molecular flexibility index (Phi) is 4.11. The predicted octanol–water partition coefficient (Wildman–Crippen LogP) is 3.54. The second-order valence-electron chi connectivity index (χ2n) is 3.64. The quantitative estimate of drug-likeness (QED) is 0.852. The molecule has 0 spiro atoms. The summed E-state index contributed by atoms with van der Waals surface area (Å²) in [6.45, 7) is 1.74. The van der Waals surface area contributed by atoms with Crippen LogP contribution in [-0.4, -0.2) is 19.3 Å². The lowest BCUT2D eigenvalue weighted by Crippen LogP contribution is -2.18. The Labute approximate surface area is 108 Å². The fourth-order valence-corrected chi connectivity index (χ4v) is 2.58. The Morgan fingerprint density at radius 2 is 2.40 bits per heavy atom. The monoisotopic (exact) mass is 337 g/mol. The van der Waals surface area contributed by atoms with E-state index in [2.05, 4.69) is 27.9 Å². The summed E-state index contributed by atoms with van der Waals surface area (Å²) >= 11 is 8.36. The normalized spacial score (nSPS) is 20.5. The molecule has 0 aromatic heterocycles. The number of ether oxygens (including phenoxy) is 1. The molecule has 82 valence electrons. The van der Waals surface area contributed by atoms with Crippen molar-refractivity contribution in [3.8, 4) is 0 Å². The first kappa shape index (κ1) is 11.5. The summed E-state index contributed by atoms with van der Waals surface area (Å²) in [5.74, 6) is 0. The molecule has 0 bridgehead atoms. The molecule has 1 aromatic carbocycles. The molecule has 1 atom stereocenters. The minimum Gasteiger partial charge on any atom is -0.381 e. The fraction of sp³-hybridized carbons (Fsp3) is 0.455. The van der Waals surface area contributed by atoms with Gasteiger partial charge < -0.3 is 10.1 Å². The molecule has 1 unspecified atom stereocenters. The van der Waals surface area contributed by atoms with E-state index >= 15 is 0 Å². The van der Waals surface area contributed by atoms with Crippen LogP contribution >= 0.6 is 34.2 Å². The third-order valence-electron chi connectivity index (χ3n) is 2.48. The van der Waals surface area contributed by atoms with Gasteiger partial charge in [-0.2, -0.15) is 0 Å². The van der Waals surface area contributed by atoms with Crippen LogP contribution < -0.4 is 5.32 Å². The van der Waals surface area contributed by atoms with E-state index in [-0.39, 0.29) is 0 Å². The largest absolute Gasteiger partial charge is 0.381 e. The molecule has 0 saturated carbocycles. The maximum atomic E-state index is 6.11. The number of benzene rings is 1. The Bertz CT molecular complexity index is 339. The minimum atomic E-state index is 0.348. The van der Waals surface area contributed by atoms with Crippen LogP contribution in [0, 0.1) is 3.57 Å². The van der Waals surface area contributed by atoms with Gasteiger partial charge in [0.1, 0.15) is 0 Å². The lowest BCUT2D eigenvalue weighted by Gasteiger charge is -2.13. The molecule has 0 radical (unpaired) electrons. The smallest absolute Gasteiger partial charge is 0.0748 e. The molecule has 1 heterocycles. The third kappa shape index (κ3) is 3.23. The number of anilines is 1. The Morgan fingerprint density at radius 3 is 3.07 bits per heavy atom. The maximum Gasteiger partial charge on any atom is 0.0748 e. The second-order valence-corrected chi connectivity index (χ2v) is 5.29. The Hall–Kier alpha value is -0.000000000000000132. The van der Waals surface area contributed by atoms with E-state index in [4.69, 9.17) is 16.3 Å². The molecule has 2 rings (SSSR count). The van der Waals surface area contributed by atoms with Crippen molar-refractivity contribution in [3.63, 3.8) is 0 Å². The molecule has 15 heavy (non-hydrogen) atoms. The highest BCUT2D eigenvalue weighted by Crippen LogP contribution is 2.24. The van der Waals surface area contributed by atoms with Crippen molar-refractivity contribution in [1.29, 1.82) is 0 Å². The zero-order valence-corrected chi connectivity index (χ0v) is 11.2. The molecule has 4 heteroatoms. The number of hydrogen-bond acceptors (Lipinski definition) is 2. The van der Waals surface area contributed by atoms with Crippen molar-refractivity contribution < 1.29 is 4.74 Å². The third-order valence-corrected chi connectivity index (χ3v) is 3.46. The summed E-state index contributed by atoms with van der Waals surface area (Å²) in [5.41, 5.74) is 0.993. The van der Waals surface area contributed by atoms with Gasteiger partial charge in [-0.1, -0.05) is 11.6 Å². The van der Waals surface area contributed by atoms with Gasteiger partial charge in [0.15, 0.2) is 0 Å². The minimum absolute atomic E-state index is 0.348. The highest BCUT2D eigenvalue weighted by atomic mass is 127. The molecule has 1 aliphatic rings. The van der Waals surface area contributed by atoms with Gasteiger partial charge in [-0.25, -0.2) is 0 Å². The van der Waals surface area contributed by atoms with Crippen molar-refractivity contribution >= 4 is 39.9 Å². The van der Waals surface area contributed by atoms with Crippen LogP contribution in [0.15, 0.2) is 18.2 Å². The lowest BCUT2D eigenvalue weighted by molar-refractivity contribution is 0.120. The molecule has 0 aliphatic carbocycles. The number of hydrogen-bond donors (Lipinski definition) is 1. The van der Waals surface area contributed by atoms with Crippen LogP contribution in [0.4, 0.5) is 5.69 Å². The van der Waals surface area contributed by atoms with Gasteiger partial charge in [0.05, 0.1) is 16.8 Å². The summed E-state index contributed by atoms with van der Waals surface area (Å²) in [6, 6.07) is 6.02. The summed E-state index contributed by atoms with van der Waals surface area (Å²) in [4.78, 5) is 0. The first-order chi connectivity index (χ1) is 7.25. The molecule has 2 nitrogen and oxygen atoms in total. The van der Waals surface area contributed by atoms with Crippen molar-refractivity contribution in [1.82, 2.24) is 0 Å². The van der Waals surface area contributed by atoms with Crippen LogP contribution in [0.25, 0.3) is 0 Å². The van der Waals surface area contributed by atoms with Gasteiger partial charge in [-0.05, 0) is 53.6 Å². The van der Waals surface area contributed by atoms with E-state index in [0.717, 1.165) is 33.9 Å². The van der Waals surface area contributed by atoms with Crippen molar-refractivity contribution in [2.45, 2.75) is 18.9 Å². The molecule has 1 aromatic rings. The summed E-state index contributed by atoms with van der Waals surface area (Å²) in [6.07, 6.45) is 2.67. The SMILES string of the molecule is Clc1cc(I)ccc1NCC1CCCO1. The van der Waals surface area contributed by atoms with E-state index in [1.165, 1.54) is 6.42 Å². The molecule has 1 aliphatic heterocycles. The number of rotatable bonds is 3. The Morgan fingerprint density at radius 1 is 1.53 bits per heavy atom. The van der Waals surface area contributed by atoms with Crippen molar-refractivity contribution in [2.75, 3.05) is 18.5 Å². The van der Waals surface area contributed by atoms with Crippen LogP contribution in [0.3, 0.4) is 0 Å². The first-order valence-corrected chi connectivity index (χ1v) is 6.52. The second kappa shape index (κ2) is 5.37. The standard InChI is InChI=1S/C11H13ClINO/c12-10-6-8(13)3-4-11(10)14-7-9-2-1-5-15-9/h3-4,6,9,14H,1-2,5,7H2. The molecule has 1 fully saturated rings. The summed E-state index contributed by atoms with van der Waals surface area (Å²) in [5, 5.41) is 4.10. The molecular weight excluding hydrogens is 324 g/mol. The first-order valence-electron chi connectivity index (χ1n) is 5.06. The van der Waals surface area contributed by atoms with Crippen LogP contribution in [0.1, 0.15) is 12.8 Å². The summed E-state index contributed by atoms with van der Waals surface area (Å²) in [7, 11) is 0. The van der Waals surface area contributed by atoms with E-state index < -0.39 is 0 Å². The number of halogens is 2. The molecule has 0 amide bonds.